The van der Waals surface area contributed by atoms with Crippen LogP contribution in [0, 0.1) is 18.8 Å². The summed E-state index contributed by atoms with van der Waals surface area (Å²) in [6, 6.07) is 3.99. The molecular formula is C24H31F3N4O6. The van der Waals surface area contributed by atoms with Crippen LogP contribution in [0.1, 0.15) is 38.7 Å². The first-order chi connectivity index (χ1) is 17.3. The number of amides is 4. The number of ether oxygens (including phenoxy) is 1. The molecule has 1 aromatic rings. The zero-order valence-electron chi connectivity index (χ0n) is 20.7. The number of alkyl halides is 3. The Morgan fingerprint density at radius 2 is 1.76 bits per heavy atom. The van der Waals surface area contributed by atoms with Gasteiger partial charge in [-0.1, -0.05) is 32.0 Å². The summed E-state index contributed by atoms with van der Waals surface area (Å²) in [4.78, 5) is 62.5. The summed E-state index contributed by atoms with van der Waals surface area (Å²) in [5, 5.41) is 9.68. The predicted molar refractivity (Wildman–Crippen MR) is 126 cm³/mol. The van der Waals surface area contributed by atoms with Gasteiger partial charge in [-0.2, -0.15) is 0 Å². The standard InChI is InChI=1S/C24H31F3N4O6/c1-13(2)10-18(31-23(36)22(35)29-16-7-5-4-6-14(16)3)21(34)30-17(11-15-8-9-28-20(15)33)19(32)12-37-24(25,26)27/h4-7,13,15,17-18H,8-12H2,1-3H3,(H,28,33)(H,29,35)(H,30,34)(H,31,36)/t15-,17-,18-/m0/s1. The highest BCUT2D eigenvalue weighted by Gasteiger charge is 2.36. The second-order valence-corrected chi connectivity index (χ2v) is 9.20. The van der Waals surface area contributed by atoms with E-state index < -0.39 is 54.5 Å². The SMILES string of the molecule is Cc1ccccc1NC(=O)C(=O)N[C@@H](CC(C)C)C(=O)N[C@@H](C[C@@H]1CCNC1=O)C(=O)COC(F)(F)F. The molecule has 37 heavy (non-hydrogen) atoms. The summed E-state index contributed by atoms with van der Waals surface area (Å²) in [6.07, 6.45) is -4.90. The van der Waals surface area contributed by atoms with Gasteiger partial charge in [0.15, 0.2) is 5.78 Å². The van der Waals surface area contributed by atoms with Crippen molar-refractivity contribution in [3.8, 4) is 0 Å². The molecule has 0 aromatic heterocycles. The highest BCUT2D eigenvalue weighted by Crippen LogP contribution is 2.20. The van der Waals surface area contributed by atoms with E-state index in [1.54, 1.807) is 45.0 Å². The van der Waals surface area contributed by atoms with Gasteiger partial charge in [0.1, 0.15) is 12.6 Å². The predicted octanol–water partition coefficient (Wildman–Crippen LogP) is 1.58. The lowest BCUT2D eigenvalue weighted by Gasteiger charge is -2.25. The third kappa shape index (κ3) is 9.83. The highest BCUT2D eigenvalue weighted by molar-refractivity contribution is 6.40. The number of carbonyl (C=O) groups excluding carboxylic acids is 5. The highest BCUT2D eigenvalue weighted by atomic mass is 19.4. The van der Waals surface area contributed by atoms with E-state index >= 15 is 0 Å². The molecule has 0 unspecified atom stereocenters. The quantitative estimate of drug-likeness (QED) is 0.321. The van der Waals surface area contributed by atoms with Crippen LogP contribution < -0.4 is 21.3 Å². The number of aryl methyl sites for hydroxylation is 1. The molecule has 1 saturated heterocycles. The molecular weight excluding hydrogens is 497 g/mol. The van der Waals surface area contributed by atoms with Crippen LogP contribution >= 0.6 is 0 Å². The molecule has 10 nitrogen and oxygen atoms in total. The van der Waals surface area contributed by atoms with Crippen LogP contribution in [0.2, 0.25) is 0 Å². The number of halogens is 3. The van der Waals surface area contributed by atoms with Crippen molar-refractivity contribution < 1.29 is 41.9 Å². The van der Waals surface area contributed by atoms with E-state index in [1.807, 2.05) is 0 Å². The maximum absolute atomic E-state index is 13.0. The average Bonchev–Trinajstić information content (AvgIpc) is 3.21. The van der Waals surface area contributed by atoms with Gasteiger partial charge in [0.25, 0.3) is 0 Å². The number of ketones is 1. The molecule has 0 spiro atoms. The Bertz CT molecular complexity index is 1010. The van der Waals surface area contributed by atoms with Crippen LogP contribution in [0.25, 0.3) is 0 Å². The Morgan fingerprint density at radius 3 is 2.32 bits per heavy atom. The van der Waals surface area contributed by atoms with Gasteiger partial charge in [0.05, 0.1) is 6.04 Å². The van der Waals surface area contributed by atoms with Crippen molar-refractivity contribution >= 4 is 35.1 Å². The van der Waals surface area contributed by atoms with E-state index in [1.165, 1.54) is 0 Å². The van der Waals surface area contributed by atoms with Gasteiger partial charge in [-0.05, 0) is 43.7 Å². The molecule has 1 aliphatic heterocycles. The van der Waals surface area contributed by atoms with Gasteiger partial charge in [0, 0.05) is 18.2 Å². The Balaban J connectivity index is 2.13. The minimum atomic E-state index is -5.06. The van der Waals surface area contributed by atoms with Crippen molar-refractivity contribution in [2.24, 2.45) is 11.8 Å². The van der Waals surface area contributed by atoms with Crippen LogP contribution in [0.3, 0.4) is 0 Å². The summed E-state index contributed by atoms with van der Waals surface area (Å²) >= 11 is 0. The lowest BCUT2D eigenvalue weighted by Crippen LogP contribution is -2.54. The van der Waals surface area contributed by atoms with Crippen LogP contribution in [0.5, 0.6) is 0 Å². The van der Waals surface area contributed by atoms with Gasteiger partial charge in [-0.25, -0.2) is 0 Å². The zero-order chi connectivity index (χ0) is 27.8. The van der Waals surface area contributed by atoms with Crippen molar-refractivity contribution in [2.45, 2.75) is 58.5 Å². The maximum Gasteiger partial charge on any atom is 0.522 e. The number of benzene rings is 1. The van der Waals surface area contributed by atoms with Crippen LogP contribution in [-0.4, -0.2) is 61.0 Å². The number of hydrogen-bond acceptors (Lipinski definition) is 6. The lowest BCUT2D eigenvalue weighted by atomic mass is 9.95. The monoisotopic (exact) mass is 528 g/mol. The van der Waals surface area contributed by atoms with Crippen LogP contribution in [0.15, 0.2) is 24.3 Å². The van der Waals surface area contributed by atoms with Crippen molar-refractivity contribution in [1.29, 1.82) is 0 Å². The number of para-hydroxylation sites is 1. The van der Waals surface area contributed by atoms with E-state index in [9.17, 15) is 37.1 Å². The molecule has 4 N–H and O–H groups in total. The molecule has 0 radical (unpaired) electrons. The van der Waals surface area contributed by atoms with Gasteiger partial charge in [-0.15, -0.1) is 13.2 Å². The Hall–Kier alpha value is -3.48. The fraction of sp³-hybridized carbons (Fsp3) is 0.542. The van der Waals surface area contributed by atoms with E-state index in [-0.39, 0.29) is 24.7 Å². The second-order valence-electron chi connectivity index (χ2n) is 9.20. The number of carbonyl (C=O) groups is 5. The second kappa shape index (κ2) is 13.2. The fourth-order valence-corrected chi connectivity index (χ4v) is 3.77. The zero-order valence-corrected chi connectivity index (χ0v) is 20.7. The number of Topliss-reactive ketones (excluding diaryl/α,β-unsaturated/α-hetero) is 1. The van der Waals surface area contributed by atoms with Crippen molar-refractivity contribution in [1.82, 2.24) is 16.0 Å². The number of rotatable bonds is 11. The largest absolute Gasteiger partial charge is 0.522 e. The lowest BCUT2D eigenvalue weighted by molar-refractivity contribution is -0.321. The summed E-state index contributed by atoms with van der Waals surface area (Å²) in [5.74, 6) is -5.32. The van der Waals surface area contributed by atoms with Crippen molar-refractivity contribution in [3.05, 3.63) is 29.8 Å². The third-order valence-electron chi connectivity index (χ3n) is 5.69. The first kappa shape index (κ1) is 29.7. The fourth-order valence-electron chi connectivity index (χ4n) is 3.77. The molecule has 1 fully saturated rings. The average molecular weight is 529 g/mol. The van der Waals surface area contributed by atoms with Gasteiger partial charge in [0.2, 0.25) is 11.8 Å². The van der Waals surface area contributed by atoms with E-state index in [0.29, 0.717) is 24.2 Å². The minimum Gasteiger partial charge on any atom is -0.356 e. The molecule has 3 atom stereocenters. The number of nitrogens with one attached hydrogen (secondary N) is 4. The Morgan fingerprint density at radius 1 is 1.08 bits per heavy atom. The Labute approximate surface area is 212 Å². The molecule has 0 aliphatic carbocycles. The van der Waals surface area contributed by atoms with Gasteiger partial charge in [-0.3, -0.25) is 28.7 Å². The van der Waals surface area contributed by atoms with Gasteiger partial charge >= 0.3 is 18.2 Å². The summed E-state index contributed by atoms with van der Waals surface area (Å²) in [7, 11) is 0. The van der Waals surface area contributed by atoms with E-state index in [4.69, 9.17) is 0 Å². The van der Waals surface area contributed by atoms with E-state index in [2.05, 4.69) is 26.0 Å². The summed E-state index contributed by atoms with van der Waals surface area (Å²) in [6.45, 7) is 4.21. The summed E-state index contributed by atoms with van der Waals surface area (Å²) in [5.41, 5.74) is 1.11. The van der Waals surface area contributed by atoms with Crippen LogP contribution in [0.4, 0.5) is 18.9 Å². The summed E-state index contributed by atoms with van der Waals surface area (Å²) < 4.78 is 41.0. The molecule has 0 bridgehead atoms. The Kier molecular flexibility index (Phi) is 10.6. The molecule has 1 aromatic carbocycles. The smallest absolute Gasteiger partial charge is 0.356 e. The third-order valence-corrected chi connectivity index (χ3v) is 5.69. The molecule has 13 heteroatoms. The topological polar surface area (TPSA) is 143 Å². The minimum absolute atomic E-state index is 0.0685. The number of anilines is 1. The normalized spacial score (nSPS) is 17.1. The molecule has 2 rings (SSSR count). The van der Waals surface area contributed by atoms with Gasteiger partial charge < -0.3 is 21.3 Å². The molecule has 0 saturated carbocycles. The van der Waals surface area contributed by atoms with Crippen molar-refractivity contribution in [2.75, 3.05) is 18.5 Å². The van der Waals surface area contributed by atoms with E-state index in [0.717, 1.165) is 0 Å². The molecule has 204 valence electrons. The molecule has 1 heterocycles. The molecule has 1 aliphatic rings. The first-order valence-electron chi connectivity index (χ1n) is 11.8. The van der Waals surface area contributed by atoms with Crippen LogP contribution in [-0.2, 0) is 28.7 Å². The van der Waals surface area contributed by atoms with Crippen molar-refractivity contribution in [3.63, 3.8) is 0 Å². The molecule has 4 amide bonds. The maximum atomic E-state index is 13.0. The number of hydrogen-bond donors (Lipinski definition) is 4. The first-order valence-corrected chi connectivity index (χ1v) is 11.8.